The van der Waals surface area contributed by atoms with Gasteiger partial charge < -0.3 is 30.0 Å². The van der Waals surface area contributed by atoms with Crippen molar-refractivity contribution in [3.63, 3.8) is 0 Å². The first kappa shape index (κ1) is 38.7. The second-order valence-corrected chi connectivity index (χ2v) is 17.8. The third kappa shape index (κ3) is 13.8. The molecule has 2 rings (SSSR count). The van der Waals surface area contributed by atoms with Crippen molar-refractivity contribution < 1.29 is 33.1 Å². The van der Waals surface area contributed by atoms with Crippen LogP contribution in [0.15, 0.2) is 27.4 Å². The number of anilines is 2. The minimum atomic E-state index is -3.61. The molecule has 0 aliphatic rings. The summed E-state index contributed by atoms with van der Waals surface area (Å²) in [5.41, 5.74) is 8.02. The predicted molar refractivity (Wildman–Crippen MR) is 189 cm³/mol. The summed E-state index contributed by atoms with van der Waals surface area (Å²) < 4.78 is 43.8. The van der Waals surface area contributed by atoms with Gasteiger partial charge in [-0.15, -0.1) is 9.80 Å². The highest BCUT2D eigenvalue weighted by molar-refractivity contribution is 14.3. The fourth-order valence-electron chi connectivity index (χ4n) is 3.85. The lowest BCUT2D eigenvalue weighted by atomic mass is 10.1. The molecule has 17 heteroatoms. The Morgan fingerprint density at radius 1 is 1.02 bits per heavy atom. The Bertz CT molecular complexity index is 1410. The average molecular weight is 782 g/mol. The normalized spacial score (nSPS) is 14.9. The minimum Gasteiger partial charge on any atom is -0.462 e. The van der Waals surface area contributed by atoms with E-state index in [-0.39, 0.29) is 36.8 Å². The molecule has 2 atom stereocenters. The molecule has 0 aliphatic heterocycles. The van der Waals surface area contributed by atoms with Crippen LogP contribution in [0.4, 0.5) is 17.3 Å². The van der Waals surface area contributed by atoms with Gasteiger partial charge in [0.05, 0.1) is 25.0 Å². The van der Waals surface area contributed by atoms with Gasteiger partial charge in [-0.2, -0.15) is 9.97 Å². The van der Waals surface area contributed by atoms with Gasteiger partial charge in [0.1, 0.15) is 18.7 Å². The molecule has 0 spiro atoms. The Morgan fingerprint density at radius 3 is 2.13 bits per heavy atom. The highest BCUT2D eigenvalue weighted by Crippen LogP contribution is 2.42. The van der Waals surface area contributed by atoms with Crippen molar-refractivity contribution in [2.75, 3.05) is 31.4 Å². The fraction of sp³-hybridized carbons (Fsp3) is 0.536. The highest BCUT2D eigenvalue weighted by atomic mass is 127. The van der Waals surface area contributed by atoms with Crippen molar-refractivity contribution in [1.29, 1.82) is 0 Å². The molecule has 0 amide bonds. The van der Waals surface area contributed by atoms with Gasteiger partial charge in [0.25, 0.3) is 0 Å². The number of nitrogens with one attached hydrogen (secondary N) is 3. The molecule has 0 saturated heterocycles. The van der Waals surface area contributed by atoms with E-state index >= 15 is 0 Å². The van der Waals surface area contributed by atoms with E-state index in [9.17, 15) is 14.2 Å². The summed E-state index contributed by atoms with van der Waals surface area (Å²) in [6, 6.07) is 5.59. The molecule has 2 aromatic rings. The number of aromatic nitrogens is 2. The molecule has 1 aromatic carbocycles. The number of carbonyl (C=O) groups is 2. The Hall–Kier alpha value is -2.50. The van der Waals surface area contributed by atoms with Gasteiger partial charge in [-0.05, 0) is 57.2 Å². The number of esters is 2. The molecule has 5 N–H and O–H groups in total. The van der Waals surface area contributed by atoms with E-state index < -0.39 is 49.3 Å². The lowest BCUT2D eigenvalue weighted by Gasteiger charge is -2.27. The molecular weight excluding hydrogens is 736 g/mol. The highest BCUT2D eigenvalue weighted by Gasteiger charge is 2.32. The quantitative estimate of drug-likeness (QED) is 0.0455. The smallest absolute Gasteiger partial charge is 0.323 e. The first-order valence-corrected chi connectivity index (χ1v) is 21.8. The van der Waals surface area contributed by atoms with Crippen LogP contribution in [-0.2, 0) is 41.1 Å². The lowest BCUT2D eigenvalue weighted by molar-refractivity contribution is -0.149. The zero-order valence-corrected chi connectivity index (χ0v) is 30.6. The number of halogens is 1. The van der Waals surface area contributed by atoms with Crippen LogP contribution >= 0.6 is 35.0 Å². The summed E-state index contributed by atoms with van der Waals surface area (Å²) in [4.78, 5) is 33.7. The number of nitrogens with zero attached hydrogens (tertiary/aromatic N) is 3. The van der Waals surface area contributed by atoms with E-state index in [2.05, 4.69) is 42.9 Å². The molecule has 0 aliphatic carbocycles. The van der Waals surface area contributed by atoms with E-state index in [1.54, 1.807) is 54.7 Å². The first-order chi connectivity index (χ1) is 21.1. The van der Waals surface area contributed by atoms with Crippen LogP contribution in [0, 0.1) is 0 Å². The van der Waals surface area contributed by atoms with Gasteiger partial charge >= 0.3 is 17.9 Å². The first-order valence-electron chi connectivity index (χ1n) is 14.2. The van der Waals surface area contributed by atoms with Gasteiger partial charge in [0, 0.05) is 31.4 Å². The second kappa shape index (κ2) is 18.6. The largest absolute Gasteiger partial charge is 0.462 e. The average Bonchev–Trinajstić information content (AvgIpc) is 2.92. The molecule has 1 aromatic heterocycles. The number of methoxy groups -OCH3 is 1. The second-order valence-electron chi connectivity index (χ2n) is 10.6. The topological polar surface area (TPSA) is 188 Å². The molecule has 0 fully saturated rings. The number of rotatable bonds is 18. The van der Waals surface area contributed by atoms with Gasteiger partial charge in [-0.3, -0.25) is 14.2 Å². The monoisotopic (exact) mass is 781 g/mol. The van der Waals surface area contributed by atoms with Gasteiger partial charge in [-0.25, -0.2) is 13.3 Å². The van der Waals surface area contributed by atoms with E-state index in [1.807, 2.05) is 18.2 Å². The van der Waals surface area contributed by atoms with Gasteiger partial charge in [0.15, 0.2) is 17.3 Å². The summed E-state index contributed by atoms with van der Waals surface area (Å²) in [6.45, 7) is 10.9. The Labute approximate surface area is 275 Å². The van der Waals surface area contributed by atoms with Crippen LogP contribution in [0.1, 0.15) is 52.7 Å². The molecule has 14 nitrogen and oxygen atoms in total. The molecule has 0 radical (unpaired) electrons. The summed E-state index contributed by atoms with van der Waals surface area (Å²) >= 11 is -2.16. The van der Waals surface area contributed by atoms with Crippen molar-refractivity contribution in [3.8, 4) is 6.01 Å². The number of hydrogen-bond donors (Lipinski definition) is 5. The third-order valence-corrected chi connectivity index (χ3v) is 9.63. The number of thiol groups is 1. The number of hydrogen-bond acceptors (Lipinski definition) is 12. The van der Waals surface area contributed by atoms with Crippen LogP contribution in [0.3, 0.4) is 0 Å². The van der Waals surface area contributed by atoms with Crippen LogP contribution < -0.4 is 26.0 Å². The van der Waals surface area contributed by atoms with Crippen molar-refractivity contribution >= 4 is 68.8 Å². The Kier molecular flexibility index (Phi) is 16.0. The van der Waals surface area contributed by atoms with Crippen LogP contribution in [0.5, 0.6) is 6.01 Å². The molecule has 1 heterocycles. The maximum atomic E-state index is 14.3. The number of nitrogens with two attached hydrogens (primary N) is 1. The summed E-state index contributed by atoms with van der Waals surface area (Å²) in [5, 5.41) is 9.02. The summed E-state index contributed by atoms with van der Waals surface area (Å²) in [7, 11) is 2.34. The van der Waals surface area contributed by atoms with E-state index in [0.717, 1.165) is 5.56 Å². The molecular formula is C28H45IN7O7PS. The van der Waals surface area contributed by atoms with E-state index in [4.69, 9.17) is 24.7 Å². The third-order valence-electron chi connectivity index (χ3n) is 5.66. The van der Waals surface area contributed by atoms with E-state index in [0.29, 0.717) is 30.2 Å². The van der Waals surface area contributed by atoms with Crippen molar-refractivity contribution in [1.82, 2.24) is 20.1 Å². The molecule has 0 bridgehead atoms. The van der Waals surface area contributed by atoms with Crippen molar-refractivity contribution in [2.24, 2.45) is 3.15 Å². The summed E-state index contributed by atoms with van der Waals surface area (Å²) in [5.74, 6) is -0.647. The van der Waals surface area contributed by atoms with Crippen LogP contribution in [0.25, 0.3) is 0 Å². The maximum Gasteiger partial charge on any atom is 0.323 e. The Balaban J connectivity index is 2.33. The lowest BCUT2D eigenvalue weighted by Crippen LogP contribution is -2.42. The SMILES string of the molecule is C=I(S)=Nc1c(N)nc(OCCOC)nc1NCc1cccc(CP(=O)(NC(C)C(=O)OC(C)C)NC(C)C(=O)OC(C)C)c1. The predicted octanol–water partition coefficient (Wildman–Crippen LogP) is 4.85. The zero-order chi connectivity index (χ0) is 33.7. The molecule has 0 saturated carbocycles. The molecule has 2 unspecified atom stereocenters. The molecule has 45 heavy (non-hydrogen) atoms. The van der Waals surface area contributed by atoms with Gasteiger partial charge in [-0.1, -0.05) is 24.3 Å². The maximum absolute atomic E-state index is 14.3. The standard InChI is InChI=1S/C28H45IN7O7PS/c1-17(2)42-26(37)19(5)35-44(39,36-20(6)27(38)43-18(3)4)16-22-11-9-10-21(14-22)15-31-25-23(34-29(7)45)24(30)32-28(33-25)41-13-12-40-8/h9-11,14,17-20H,7,12-13,15-16H2,1-6,8H3,(H,34,45)(H2,35,36,39)(H3,30,31,32,33). The minimum absolute atomic E-state index is 0.0207. The van der Waals surface area contributed by atoms with Crippen molar-refractivity contribution in [3.05, 3.63) is 35.4 Å². The number of benzene rings is 1. The van der Waals surface area contributed by atoms with E-state index in [1.165, 1.54) is 0 Å². The fourth-order valence-corrected chi connectivity index (χ4v) is 7.81. The van der Waals surface area contributed by atoms with Crippen molar-refractivity contribution in [2.45, 2.75) is 78.5 Å². The Morgan fingerprint density at radius 2 is 1.60 bits per heavy atom. The van der Waals surface area contributed by atoms with Gasteiger partial charge in [0.2, 0.25) is 7.44 Å². The number of carbonyl (C=O) groups excluding carboxylic acids is 2. The van der Waals surface area contributed by atoms with Crippen LogP contribution in [-0.4, -0.2) is 71.0 Å². The van der Waals surface area contributed by atoms with Crippen LogP contribution in [0.2, 0.25) is 0 Å². The number of nitrogen functional groups attached to an aromatic ring is 1. The zero-order valence-electron chi connectivity index (χ0n) is 26.7. The number of ether oxygens (including phenoxy) is 4. The molecule has 252 valence electrons. The summed E-state index contributed by atoms with van der Waals surface area (Å²) in [6.07, 6.45) is -0.716.